The monoisotopic (exact) mass is 729 g/mol. The molecule has 4 heterocycles. The molecule has 0 radical (unpaired) electrons. The first kappa shape index (κ1) is 31.5. The highest BCUT2D eigenvalue weighted by molar-refractivity contribution is 6.24. The van der Waals surface area contributed by atoms with E-state index < -0.39 is 0 Å². The number of hydrogen-bond donors (Lipinski definition) is 0. The molecule has 12 aromatic rings. The number of fused-ring (bicyclic) bond motifs is 10. The van der Waals surface area contributed by atoms with E-state index in [9.17, 15) is 0 Å². The summed E-state index contributed by atoms with van der Waals surface area (Å²) in [6.45, 7) is 0. The molecular weight excluding hydrogens is 699 g/mol. The van der Waals surface area contributed by atoms with E-state index in [1.807, 2.05) is 6.07 Å². The van der Waals surface area contributed by atoms with Crippen molar-refractivity contribution in [1.29, 1.82) is 0 Å². The van der Waals surface area contributed by atoms with Crippen LogP contribution in [-0.4, -0.2) is 24.1 Å². The summed E-state index contributed by atoms with van der Waals surface area (Å²) in [6, 6.07) is 65.4. The molecule has 0 saturated carbocycles. The van der Waals surface area contributed by atoms with Gasteiger partial charge in [0, 0.05) is 43.7 Å². The van der Waals surface area contributed by atoms with E-state index in [0.717, 1.165) is 82.7 Å². The van der Waals surface area contributed by atoms with Crippen LogP contribution in [0.1, 0.15) is 0 Å². The third-order valence-corrected chi connectivity index (χ3v) is 11.2. The van der Waals surface area contributed by atoms with E-state index in [4.69, 9.17) is 19.4 Å². The Kier molecular flexibility index (Phi) is 6.83. The van der Waals surface area contributed by atoms with Crippen molar-refractivity contribution in [2.24, 2.45) is 0 Å². The van der Waals surface area contributed by atoms with E-state index in [-0.39, 0.29) is 0 Å². The molecule has 266 valence electrons. The van der Waals surface area contributed by atoms with Gasteiger partial charge in [-0.3, -0.25) is 4.57 Å². The highest BCUT2D eigenvalue weighted by Crippen LogP contribution is 2.42. The second-order valence-corrected chi connectivity index (χ2v) is 14.4. The van der Waals surface area contributed by atoms with Crippen LogP contribution in [0.3, 0.4) is 0 Å². The van der Waals surface area contributed by atoms with Crippen molar-refractivity contribution in [1.82, 2.24) is 24.1 Å². The molecular formula is C51H31N5O. The molecule has 12 rings (SSSR count). The summed E-state index contributed by atoms with van der Waals surface area (Å²) in [6.07, 6.45) is 0. The molecule has 0 fully saturated rings. The molecule has 6 nitrogen and oxygen atoms in total. The Morgan fingerprint density at radius 1 is 0.351 bits per heavy atom. The van der Waals surface area contributed by atoms with Crippen molar-refractivity contribution >= 4 is 65.6 Å². The van der Waals surface area contributed by atoms with Crippen LogP contribution in [-0.2, 0) is 0 Å². The Bertz CT molecular complexity index is 3470. The van der Waals surface area contributed by atoms with Crippen molar-refractivity contribution in [2.75, 3.05) is 0 Å². The third-order valence-electron chi connectivity index (χ3n) is 11.2. The molecule has 0 aliphatic rings. The van der Waals surface area contributed by atoms with E-state index >= 15 is 0 Å². The summed E-state index contributed by atoms with van der Waals surface area (Å²) in [5.41, 5.74) is 11.0. The number of benzene rings is 8. The molecule has 0 aliphatic carbocycles. The Morgan fingerprint density at radius 3 is 1.60 bits per heavy atom. The molecule has 8 aromatic carbocycles. The lowest BCUT2D eigenvalue weighted by atomic mass is 10.0. The van der Waals surface area contributed by atoms with Crippen LogP contribution < -0.4 is 0 Å². The van der Waals surface area contributed by atoms with Crippen molar-refractivity contribution in [3.05, 3.63) is 188 Å². The van der Waals surface area contributed by atoms with Crippen LogP contribution in [0.2, 0.25) is 0 Å². The normalized spacial score (nSPS) is 11.9. The van der Waals surface area contributed by atoms with Crippen LogP contribution in [0.25, 0.3) is 111 Å². The van der Waals surface area contributed by atoms with Gasteiger partial charge in [-0.1, -0.05) is 127 Å². The highest BCUT2D eigenvalue weighted by atomic mass is 16.3. The van der Waals surface area contributed by atoms with Gasteiger partial charge >= 0.3 is 0 Å². The summed E-state index contributed by atoms with van der Waals surface area (Å²) >= 11 is 0. The molecule has 0 aliphatic heterocycles. The molecule has 57 heavy (non-hydrogen) atoms. The van der Waals surface area contributed by atoms with Gasteiger partial charge < -0.3 is 8.98 Å². The fraction of sp³-hybridized carbons (Fsp3) is 0. The van der Waals surface area contributed by atoms with Gasteiger partial charge in [-0.05, 0) is 71.8 Å². The van der Waals surface area contributed by atoms with Gasteiger partial charge in [0.15, 0.2) is 11.6 Å². The topological polar surface area (TPSA) is 61.7 Å². The number of furan rings is 1. The SMILES string of the molecule is c1ccc(-c2cccc(-c3nc(-c4ccc5c(c4)oc4ccc6c7ccccc7n(-c7ccccc7)c6c45)nc(-n4c5ccccc5c5ccccc54)n3)c2)cc1. The molecule has 0 saturated heterocycles. The maximum Gasteiger partial charge on any atom is 0.238 e. The van der Waals surface area contributed by atoms with Crippen LogP contribution in [0.15, 0.2) is 192 Å². The predicted molar refractivity (Wildman–Crippen MR) is 232 cm³/mol. The Labute approximate surface area is 326 Å². The van der Waals surface area contributed by atoms with Crippen molar-refractivity contribution < 1.29 is 4.42 Å². The van der Waals surface area contributed by atoms with Gasteiger partial charge in [-0.2, -0.15) is 9.97 Å². The lowest BCUT2D eigenvalue weighted by Crippen LogP contribution is -2.06. The third kappa shape index (κ3) is 4.87. The molecule has 4 aromatic heterocycles. The van der Waals surface area contributed by atoms with Crippen LogP contribution >= 0.6 is 0 Å². The molecule has 0 bridgehead atoms. The standard InChI is InChI=1S/C51H31N5O/c1-3-14-32(15-4-1)33-16-13-17-34(30-33)49-52-50(54-51(53-49)56-43-24-11-7-20-37(43)38-21-8-12-25-44(38)56)35-26-27-41-46(31-35)57-45-29-28-40-39-22-9-10-23-42(39)55(48(40)47(41)45)36-18-5-2-6-19-36/h1-31H. The largest absolute Gasteiger partial charge is 0.456 e. The maximum absolute atomic E-state index is 6.72. The van der Waals surface area contributed by atoms with Crippen LogP contribution in [0.5, 0.6) is 0 Å². The minimum Gasteiger partial charge on any atom is -0.456 e. The Balaban J connectivity index is 1.10. The Morgan fingerprint density at radius 2 is 0.895 bits per heavy atom. The Hall–Kier alpha value is -7.83. The van der Waals surface area contributed by atoms with Gasteiger partial charge in [0.2, 0.25) is 5.95 Å². The van der Waals surface area contributed by atoms with E-state index in [0.29, 0.717) is 17.6 Å². The van der Waals surface area contributed by atoms with E-state index in [2.05, 4.69) is 191 Å². The van der Waals surface area contributed by atoms with Crippen LogP contribution in [0.4, 0.5) is 0 Å². The molecule has 0 N–H and O–H groups in total. The zero-order valence-corrected chi connectivity index (χ0v) is 30.5. The first-order valence-electron chi connectivity index (χ1n) is 19.1. The average molecular weight is 730 g/mol. The number of hydrogen-bond acceptors (Lipinski definition) is 4. The summed E-state index contributed by atoms with van der Waals surface area (Å²) in [5, 5.41) is 6.79. The lowest BCUT2D eigenvalue weighted by Gasteiger charge is -2.11. The van der Waals surface area contributed by atoms with Crippen LogP contribution in [0, 0.1) is 0 Å². The van der Waals surface area contributed by atoms with Crippen molar-refractivity contribution in [3.63, 3.8) is 0 Å². The minimum absolute atomic E-state index is 0.552. The van der Waals surface area contributed by atoms with Gasteiger partial charge in [0.1, 0.15) is 11.2 Å². The minimum atomic E-state index is 0.552. The van der Waals surface area contributed by atoms with E-state index in [1.54, 1.807) is 0 Å². The second-order valence-electron chi connectivity index (χ2n) is 14.4. The first-order chi connectivity index (χ1) is 28.3. The molecule has 0 amide bonds. The predicted octanol–water partition coefficient (Wildman–Crippen LogP) is 13.0. The number of aromatic nitrogens is 5. The highest BCUT2D eigenvalue weighted by Gasteiger charge is 2.21. The van der Waals surface area contributed by atoms with Gasteiger partial charge in [-0.15, -0.1) is 0 Å². The molecule has 6 heteroatoms. The van der Waals surface area contributed by atoms with Gasteiger partial charge in [0.05, 0.1) is 27.5 Å². The lowest BCUT2D eigenvalue weighted by molar-refractivity contribution is 0.669. The zero-order chi connectivity index (χ0) is 37.5. The summed E-state index contributed by atoms with van der Waals surface area (Å²) in [5.74, 6) is 1.71. The number of nitrogens with zero attached hydrogens (tertiary/aromatic N) is 5. The molecule has 0 spiro atoms. The fourth-order valence-corrected chi connectivity index (χ4v) is 8.63. The molecule has 0 atom stereocenters. The van der Waals surface area contributed by atoms with E-state index in [1.165, 1.54) is 10.8 Å². The fourth-order valence-electron chi connectivity index (χ4n) is 8.63. The van der Waals surface area contributed by atoms with Gasteiger partial charge in [-0.25, -0.2) is 4.98 Å². The summed E-state index contributed by atoms with van der Waals surface area (Å²) in [7, 11) is 0. The smallest absolute Gasteiger partial charge is 0.238 e. The number of rotatable bonds is 5. The second kappa shape index (κ2) is 12.3. The molecule has 0 unspecified atom stereocenters. The number of para-hydroxylation sites is 4. The van der Waals surface area contributed by atoms with Gasteiger partial charge in [0.25, 0.3) is 0 Å². The van der Waals surface area contributed by atoms with Crippen molar-refractivity contribution in [2.45, 2.75) is 0 Å². The quantitative estimate of drug-likeness (QED) is 0.177. The first-order valence-corrected chi connectivity index (χ1v) is 19.1. The average Bonchev–Trinajstić information content (AvgIpc) is 3.94. The zero-order valence-electron chi connectivity index (χ0n) is 30.5. The summed E-state index contributed by atoms with van der Waals surface area (Å²) in [4.78, 5) is 15.6. The summed E-state index contributed by atoms with van der Waals surface area (Å²) < 4.78 is 11.2. The van der Waals surface area contributed by atoms with Crippen molar-refractivity contribution in [3.8, 4) is 45.5 Å². The maximum atomic E-state index is 6.72.